The molecule has 5 heteroatoms. The third-order valence-corrected chi connectivity index (χ3v) is 5.14. The summed E-state index contributed by atoms with van der Waals surface area (Å²) in [7, 11) is 0. The second kappa shape index (κ2) is 6.32. The number of pyridine rings is 1. The maximum Gasteiger partial charge on any atom is 0.170 e. The summed E-state index contributed by atoms with van der Waals surface area (Å²) in [6.07, 6.45) is 1.85. The Balaban J connectivity index is 2.10. The van der Waals surface area contributed by atoms with E-state index in [1.807, 2.05) is 18.3 Å². The van der Waals surface area contributed by atoms with Gasteiger partial charge in [-0.15, -0.1) is 0 Å². The Morgan fingerprint density at radius 2 is 2.00 bits per heavy atom. The fraction of sp³-hybridized carbons (Fsp3) is 0.444. The number of nitrogens with zero attached hydrogens (tertiary/aromatic N) is 3. The molecule has 0 aromatic carbocycles. The standard InChI is InChI=1S/C18H24N4S/c1-5-21-12(3)11-14(13(21)4)17-16(15-9-7-8-10-19-15)20-18(23)22(17)6-2/h7-11,16-17H,5-6H2,1-4H3,(H,20,23)/t16-,17+/m1/s1. The van der Waals surface area contributed by atoms with Crippen LogP contribution >= 0.6 is 12.2 Å². The molecule has 23 heavy (non-hydrogen) atoms. The highest BCUT2D eigenvalue weighted by Gasteiger charge is 2.40. The highest BCUT2D eigenvalue weighted by Crippen LogP contribution is 2.40. The largest absolute Gasteiger partial charge is 0.352 e. The number of aryl methyl sites for hydroxylation is 1. The van der Waals surface area contributed by atoms with Crippen molar-refractivity contribution in [2.24, 2.45) is 0 Å². The molecular formula is C18H24N4S. The predicted molar refractivity (Wildman–Crippen MR) is 97.4 cm³/mol. The first-order valence-electron chi connectivity index (χ1n) is 8.23. The Labute approximate surface area is 143 Å². The van der Waals surface area contributed by atoms with Crippen LogP contribution < -0.4 is 5.32 Å². The molecule has 2 atom stereocenters. The van der Waals surface area contributed by atoms with Crippen molar-refractivity contribution in [3.63, 3.8) is 0 Å². The predicted octanol–water partition coefficient (Wildman–Crippen LogP) is 3.51. The summed E-state index contributed by atoms with van der Waals surface area (Å²) in [5, 5.41) is 4.29. The van der Waals surface area contributed by atoms with E-state index in [-0.39, 0.29) is 12.1 Å². The summed E-state index contributed by atoms with van der Waals surface area (Å²) in [6.45, 7) is 10.6. The summed E-state index contributed by atoms with van der Waals surface area (Å²) in [5.74, 6) is 0. The van der Waals surface area contributed by atoms with Gasteiger partial charge in [0, 0.05) is 30.7 Å². The van der Waals surface area contributed by atoms with E-state index in [9.17, 15) is 0 Å². The van der Waals surface area contributed by atoms with Crippen LogP contribution in [0, 0.1) is 13.8 Å². The molecule has 0 radical (unpaired) electrons. The Bertz CT molecular complexity index is 707. The Hall–Kier alpha value is -1.88. The highest BCUT2D eigenvalue weighted by molar-refractivity contribution is 7.80. The Morgan fingerprint density at radius 1 is 1.22 bits per heavy atom. The minimum absolute atomic E-state index is 0.0921. The van der Waals surface area contributed by atoms with Crippen molar-refractivity contribution in [3.05, 3.63) is 53.1 Å². The van der Waals surface area contributed by atoms with Gasteiger partial charge in [-0.2, -0.15) is 0 Å². The molecule has 1 N–H and O–H groups in total. The molecule has 0 saturated carbocycles. The van der Waals surface area contributed by atoms with Gasteiger partial charge in [0.05, 0.1) is 17.8 Å². The molecular weight excluding hydrogens is 304 g/mol. The third kappa shape index (κ3) is 2.63. The van der Waals surface area contributed by atoms with Gasteiger partial charge in [-0.25, -0.2) is 0 Å². The van der Waals surface area contributed by atoms with Crippen molar-refractivity contribution in [1.82, 2.24) is 19.8 Å². The maximum atomic E-state index is 5.59. The van der Waals surface area contributed by atoms with E-state index < -0.39 is 0 Å². The van der Waals surface area contributed by atoms with Crippen LogP contribution in [0.5, 0.6) is 0 Å². The van der Waals surface area contributed by atoms with Gasteiger partial charge in [-0.3, -0.25) is 4.98 Å². The van der Waals surface area contributed by atoms with Gasteiger partial charge in [0.1, 0.15) is 0 Å². The second-order valence-electron chi connectivity index (χ2n) is 5.98. The fourth-order valence-electron chi connectivity index (χ4n) is 3.70. The van der Waals surface area contributed by atoms with Crippen LogP contribution in [0.2, 0.25) is 0 Å². The van der Waals surface area contributed by atoms with Crippen LogP contribution in [0.1, 0.15) is 48.6 Å². The fourth-order valence-corrected chi connectivity index (χ4v) is 4.07. The van der Waals surface area contributed by atoms with Crippen molar-refractivity contribution in [2.45, 2.75) is 46.3 Å². The Morgan fingerprint density at radius 3 is 2.57 bits per heavy atom. The first-order valence-corrected chi connectivity index (χ1v) is 8.64. The minimum atomic E-state index is 0.0921. The molecule has 0 amide bonds. The number of thiocarbonyl (C=S) groups is 1. The molecule has 0 bridgehead atoms. The Kier molecular flexibility index (Phi) is 4.39. The molecule has 122 valence electrons. The van der Waals surface area contributed by atoms with E-state index >= 15 is 0 Å². The quantitative estimate of drug-likeness (QED) is 0.871. The van der Waals surface area contributed by atoms with Crippen molar-refractivity contribution < 1.29 is 0 Å². The summed E-state index contributed by atoms with van der Waals surface area (Å²) in [5.41, 5.74) is 5.00. The van der Waals surface area contributed by atoms with Gasteiger partial charge in [0.15, 0.2) is 5.11 Å². The maximum absolute atomic E-state index is 5.59. The molecule has 3 heterocycles. The van der Waals surface area contributed by atoms with E-state index in [4.69, 9.17) is 12.2 Å². The van der Waals surface area contributed by atoms with Gasteiger partial charge in [-0.05, 0) is 63.7 Å². The molecule has 0 spiro atoms. The lowest BCUT2D eigenvalue weighted by Crippen LogP contribution is -2.29. The third-order valence-electron chi connectivity index (χ3n) is 4.79. The summed E-state index contributed by atoms with van der Waals surface area (Å²) in [6, 6.07) is 8.65. The normalized spacial score (nSPS) is 20.9. The molecule has 1 saturated heterocycles. The molecule has 1 aliphatic rings. The monoisotopic (exact) mass is 328 g/mol. The zero-order chi connectivity index (χ0) is 16.6. The smallest absolute Gasteiger partial charge is 0.170 e. The first-order chi connectivity index (χ1) is 11.1. The van der Waals surface area contributed by atoms with Crippen LogP contribution in [-0.4, -0.2) is 26.1 Å². The number of hydrogen-bond acceptors (Lipinski definition) is 2. The van der Waals surface area contributed by atoms with E-state index in [1.54, 1.807) is 0 Å². The number of rotatable bonds is 4. The SMILES string of the molecule is CCN1C(=S)N[C@H](c2ccccn2)[C@@H]1c1cc(C)n(CC)c1C. The molecule has 4 nitrogen and oxygen atoms in total. The van der Waals surface area contributed by atoms with Crippen LogP contribution in [0.4, 0.5) is 0 Å². The highest BCUT2D eigenvalue weighted by atomic mass is 32.1. The van der Waals surface area contributed by atoms with E-state index in [0.29, 0.717) is 0 Å². The molecule has 3 rings (SSSR count). The summed E-state index contributed by atoms with van der Waals surface area (Å²) >= 11 is 5.59. The number of likely N-dealkylation sites (N-methyl/N-ethyl adjacent to an activating group) is 1. The van der Waals surface area contributed by atoms with E-state index in [2.05, 4.69) is 59.6 Å². The molecule has 2 aromatic rings. The van der Waals surface area contributed by atoms with Crippen LogP contribution in [0.3, 0.4) is 0 Å². The molecule has 2 aromatic heterocycles. The molecule has 1 fully saturated rings. The second-order valence-corrected chi connectivity index (χ2v) is 6.37. The number of aromatic nitrogens is 2. The van der Waals surface area contributed by atoms with Crippen molar-refractivity contribution in [3.8, 4) is 0 Å². The number of hydrogen-bond donors (Lipinski definition) is 1. The lowest BCUT2D eigenvalue weighted by Gasteiger charge is -2.27. The zero-order valence-corrected chi connectivity index (χ0v) is 15.0. The van der Waals surface area contributed by atoms with Crippen molar-refractivity contribution in [1.29, 1.82) is 0 Å². The minimum Gasteiger partial charge on any atom is -0.352 e. The summed E-state index contributed by atoms with van der Waals surface area (Å²) in [4.78, 5) is 6.84. The van der Waals surface area contributed by atoms with Crippen LogP contribution in [0.25, 0.3) is 0 Å². The lowest BCUT2D eigenvalue weighted by atomic mass is 9.97. The van der Waals surface area contributed by atoms with Crippen LogP contribution in [-0.2, 0) is 6.54 Å². The number of nitrogens with one attached hydrogen (secondary N) is 1. The van der Waals surface area contributed by atoms with Gasteiger partial charge in [-0.1, -0.05) is 6.07 Å². The topological polar surface area (TPSA) is 33.1 Å². The molecule has 0 unspecified atom stereocenters. The molecule has 0 aliphatic carbocycles. The average Bonchev–Trinajstić information content (AvgIpc) is 3.04. The zero-order valence-electron chi connectivity index (χ0n) is 14.2. The average molecular weight is 328 g/mol. The molecule has 1 aliphatic heterocycles. The van der Waals surface area contributed by atoms with Gasteiger partial charge < -0.3 is 14.8 Å². The van der Waals surface area contributed by atoms with Gasteiger partial charge in [0.25, 0.3) is 0 Å². The summed E-state index contributed by atoms with van der Waals surface area (Å²) < 4.78 is 2.36. The van der Waals surface area contributed by atoms with Gasteiger partial charge >= 0.3 is 0 Å². The van der Waals surface area contributed by atoms with Crippen molar-refractivity contribution in [2.75, 3.05) is 6.54 Å². The van der Waals surface area contributed by atoms with E-state index in [0.717, 1.165) is 23.9 Å². The van der Waals surface area contributed by atoms with Crippen molar-refractivity contribution >= 4 is 17.3 Å². The van der Waals surface area contributed by atoms with Crippen LogP contribution in [0.15, 0.2) is 30.5 Å². The lowest BCUT2D eigenvalue weighted by molar-refractivity contribution is 0.329. The van der Waals surface area contributed by atoms with Gasteiger partial charge in [0.2, 0.25) is 0 Å². The van der Waals surface area contributed by atoms with E-state index in [1.165, 1.54) is 17.0 Å². The first kappa shape index (κ1) is 16.0.